The third-order valence-corrected chi connectivity index (χ3v) is 3.87. The first-order chi connectivity index (χ1) is 11.0. The van der Waals surface area contributed by atoms with E-state index in [1.807, 2.05) is 13.0 Å². The van der Waals surface area contributed by atoms with Crippen LogP contribution in [0.3, 0.4) is 0 Å². The molecule has 0 aliphatic carbocycles. The average molecular weight is 319 g/mol. The SMILES string of the molecule is Cc1cc(N2CCN(C)CC2)nc(Nc2c(F)cccc2F)n1. The molecule has 0 spiro atoms. The summed E-state index contributed by atoms with van der Waals surface area (Å²) in [5.41, 5.74) is 0.510. The van der Waals surface area contributed by atoms with Crippen LogP contribution in [-0.2, 0) is 0 Å². The van der Waals surface area contributed by atoms with Gasteiger partial charge in [-0.25, -0.2) is 13.8 Å². The molecule has 1 saturated heterocycles. The molecule has 1 aliphatic heterocycles. The van der Waals surface area contributed by atoms with Gasteiger partial charge in [0.05, 0.1) is 0 Å². The number of piperazine rings is 1. The Morgan fingerprint density at radius 3 is 2.35 bits per heavy atom. The number of aromatic nitrogens is 2. The molecule has 7 heteroatoms. The zero-order chi connectivity index (χ0) is 16.4. The molecule has 0 atom stereocenters. The number of likely N-dealkylation sites (N-methyl/N-ethyl adjacent to an activating group) is 1. The second-order valence-electron chi connectivity index (χ2n) is 5.70. The van der Waals surface area contributed by atoms with E-state index in [2.05, 4.69) is 32.1 Å². The molecule has 1 fully saturated rings. The van der Waals surface area contributed by atoms with Gasteiger partial charge in [-0.05, 0) is 26.1 Å². The van der Waals surface area contributed by atoms with Gasteiger partial charge in [0.2, 0.25) is 5.95 Å². The van der Waals surface area contributed by atoms with Crippen LogP contribution in [0.2, 0.25) is 0 Å². The fourth-order valence-corrected chi connectivity index (χ4v) is 2.53. The minimum Gasteiger partial charge on any atom is -0.354 e. The van der Waals surface area contributed by atoms with Gasteiger partial charge in [0.25, 0.3) is 0 Å². The lowest BCUT2D eigenvalue weighted by atomic mass is 10.3. The number of nitrogens with zero attached hydrogens (tertiary/aromatic N) is 4. The second kappa shape index (κ2) is 6.45. The van der Waals surface area contributed by atoms with Gasteiger partial charge in [0, 0.05) is 37.9 Å². The Labute approximate surface area is 134 Å². The minimum atomic E-state index is -0.670. The summed E-state index contributed by atoms with van der Waals surface area (Å²) in [6.45, 7) is 5.46. The van der Waals surface area contributed by atoms with Gasteiger partial charge in [-0.1, -0.05) is 6.07 Å². The number of nitrogens with one attached hydrogen (secondary N) is 1. The number of anilines is 3. The highest BCUT2D eigenvalue weighted by atomic mass is 19.1. The Morgan fingerprint density at radius 1 is 1.04 bits per heavy atom. The molecule has 2 aromatic rings. The second-order valence-corrected chi connectivity index (χ2v) is 5.70. The maximum atomic E-state index is 13.8. The molecule has 0 unspecified atom stereocenters. The molecule has 1 N–H and O–H groups in total. The molecule has 1 aromatic carbocycles. The lowest BCUT2D eigenvalue weighted by Gasteiger charge is -2.33. The van der Waals surface area contributed by atoms with Crippen LogP contribution in [0.1, 0.15) is 5.69 Å². The first-order valence-corrected chi connectivity index (χ1v) is 7.53. The normalized spacial score (nSPS) is 15.7. The molecule has 122 valence electrons. The van der Waals surface area contributed by atoms with E-state index in [1.54, 1.807) is 0 Å². The number of halogens is 2. The summed E-state index contributed by atoms with van der Waals surface area (Å²) in [6, 6.07) is 5.60. The predicted octanol–water partition coefficient (Wildman–Crippen LogP) is 2.56. The number of para-hydroxylation sites is 1. The molecule has 1 aromatic heterocycles. The monoisotopic (exact) mass is 319 g/mol. The van der Waals surface area contributed by atoms with Gasteiger partial charge >= 0.3 is 0 Å². The fraction of sp³-hybridized carbons (Fsp3) is 0.375. The van der Waals surface area contributed by atoms with Crippen LogP contribution in [0, 0.1) is 18.6 Å². The quantitative estimate of drug-likeness (QED) is 0.942. The Kier molecular flexibility index (Phi) is 4.38. The zero-order valence-electron chi connectivity index (χ0n) is 13.2. The van der Waals surface area contributed by atoms with E-state index in [1.165, 1.54) is 18.2 Å². The number of hydrogen-bond acceptors (Lipinski definition) is 5. The summed E-state index contributed by atoms with van der Waals surface area (Å²) in [5, 5.41) is 2.66. The first kappa shape index (κ1) is 15.6. The summed E-state index contributed by atoms with van der Waals surface area (Å²) in [6.07, 6.45) is 0. The highest BCUT2D eigenvalue weighted by Gasteiger charge is 2.17. The van der Waals surface area contributed by atoms with Crippen molar-refractivity contribution in [1.29, 1.82) is 0 Å². The standard InChI is InChI=1S/C16H19F2N5/c1-11-10-14(23-8-6-22(2)7-9-23)20-16(19-11)21-15-12(17)4-3-5-13(15)18/h3-5,10H,6-9H2,1-2H3,(H,19,20,21). The van der Waals surface area contributed by atoms with Gasteiger partial charge in [0.1, 0.15) is 23.1 Å². The van der Waals surface area contributed by atoms with E-state index in [0.29, 0.717) is 0 Å². The minimum absolute atomic E-state index is 0.197. The maximum absolute atomic E-state index is 13.8. The van der Waals surface area contributed by atoms with Crippen molar-refractivity contribution in [2.24, 2.45) is 0 Å². The van der Waals surface area contributed by atoms with Crippen molar-refractivity contribution in [3.63, 3.8) is 0 Å². The van der Waals surface area contributed by atoms with E-state index in [9.17, 15) is 8.78 Å². The molecule has 0 amide bonds. The lowest BCUT2D eigenvalue weighted by molar-refractivity contribution is 0.312. The highest BCUT2D eigenvalue weighted by molar-refractivity contribution is 5.57. The number of benzene rings is 1. The van der Waals surface area contributed by atoms with Crippen LogP contribution in [0.4, 0.5) is 26.2 Å². The Morgan fingerprint density at radius 2 is 1.70 bits per heavy atom. The smallest absolute Gasteiger partial charge is 0.229 e. The molecule has 0 saturated carbocycles. The Bertz CT molecular complexity index is 679. The molecule has 3 rings (SSSR count). The van der Waals surface area contributed by atoms with Crippen LogP contribution < -0.4 is 10.2 Å². The van der Waals surface area contributed by atoms with Gasteiger partial charge in [-0.15, -0.1) is 0 Å². The van der Waals surface area contributed by atoms with Crippen LogP contribution in [0.25, 0.3) is 0 Å². The fourth-order valence-electron chi connectivity index (χ4n) is 2.53. The Hall–Kier alpha value is -2.28. The molecular weight excluding hydrogens is 300 g/mol. The summed E-state index contributed by atoms with van der Waals surface area (Å²) < 4.78 is 27.5. The van der Waals surface area contributed by atoms with Crippen molar-refractivity contribution < 1.29 is 8.78 Å². The van der Waals surface area contributed by atoms with E-state index >= 15 is 0 Å². The topological polar surface area (TPSA) is 44.3 Å². The van der Waals surface area contributed by atoms with Crippen LogP contribution in [0.15, 0.2) is 24.3 Å². The van der Waals surface area contributed by atoms with Crippen LogP contribution in [0.5, 0.6) is 0 Å². The largest absolute Gasteiger partial charge is 0.354 e. The molecule has 23 heavy (non-hydrogen) atoms. The third-order valence-electron chi connectivity index (χ3n) is 3.87. The summed E-state index contributed by atoms with van der Waals surface area (Å²) in [4.78, 5) is 13.0. The summed E-state index contributed by atoms with van der Waals surface area (Å²) >= 11 is 0. The molecule has 5 nitrogen and oxygen atoms in total. The average Bonchev–Trinajstić information content (AvgIpc) is 2.51. The van der Waals surface area contributed by atoms with Crippen LogP contribution >= 0.6 is 0 Å². The molecule has 2 heterocycles. The molecular formula is C16H19F2N5. The number of rotatable bonds is 3. The van der Waals surface area contributed by atoms with Crippen molar-refractivity contribution in [2.45, 2.75) is 6.92 Å². The van der Waals surface area contributed by atoms with Crippen molar-refractivity contribution >= 4 is 17.5 Å². The number of aryl methyl sites for hydroxylation is 1. The zero-order valence-corrected chi connectivity index (χ0v) is 13.2. The van der Waals surface area contributed by atoms with E-state index < -0.39 is 11.6 Å². The van der Waals surface area contributed by atoms with Gasteiger partial charge in [-0.3, -0.25) is 0 Å². The maximum Gasteiger partial charge on any atom is 0.229 e. The van der Waals surface area contributed by atoms with Gasteiger partial charge in [-0.2, -0.15) is 4.98 Å². The highest BCUT2D eigenvalue weighted by Crippen LogP contribution is 2.23. The third kappa shape index (κ3) is 3.56. The van der Waals surface area contributed by atoms with Crippen molar-refractivity contribution in [3.8, 4) is 0 Å². The van der Waals surface area contributed by atoms with E-state index in [0.717, 1.165) is 37.7 Å². The Balaban J connectivity index is 1.86. The van der Waals surface area contributed by atoms with Crippen molar-refractivity contribution in [2.75, 3.05) is 43.4 Å². The van der Waals surface area contributed by atoms with Gasteiger partial charge in [0.15, 0.2) is 0 Å². The van der Waals surface area contributed by atoms with E-state index in [4.69, 9.17) is 0 Å². The van der Waals surface area contributed by atoms with Crippen molar-refractivity contribution in [3.05, 3.63) is 41.6 Å². The first-order valence-electron chi connectivity index (χ1n) is 7.53. The molecule has 0 radical (unpaired) electrons. The van der Waals surface area contributed by atoms with Crippen molar-refractivity contribution in [1.82, 2.24) is 14.9 Å². The summed E-state index contributed by atoms with van der Waals surface area (Å²) in [7, 11) is 2.08. The number of hydrogen-bond donors (Lipinski definition) is 1. The summed E-state index contributed by atoms with van der Waals surface area (Å²) in [5.74, 6) is -0.375. The predicted molar refractivity (Wildman–Crippen MR) is 86.1 cm³/mol. The molecule has 1 aliphatic rings. The molecule has 0 bridgehead atoms. The van der Waals surface area contributed by atoms with Gasteiger partial charge < -0.3 is 15.1 Å². The lowest BCUT2D eigenvalue weighted by Crippen LogP contribution is -2.44. The van der Waals surface area contributed by atoms with Crippen LogP contribution in [-0.4, -0.2) is 48.1 Å². The van der Waals surface area contributed by atoms with E-state index in [-0.39, 0.29) is 11.6 Å².